The van der Waals surface area contributed by atoms with Gasteiger partial charge in [-0.3, -0.25) is 19.2 Å². The average molecular weight is 1330 g/mol. The lowest BCUT2D eigenvalue weighted by atomic mass is 9.63. The van der Waals surface area contributed by atoms with Crippen LogP contribution in [0.25, 0.3) is 0 Å². The monoisotopic (exact) mass is 1330 g/mol. The zero-order chi connectivity index (χ0) is 67.9. The summed E-state index contributed by atoms with van der Waals surface area (Å²) in [5.74, 6) is 4.30. The lowest BCUT2D eigenvalue weighted by Gasteiger charge is -2.42. The van der Waals surface area contributed by atoms with Gasteiger partial charge in [0.2, 0.25) is 17.7 Å². The maximum absolute atomic E-state index is 13.5. The molecule has 0 aromatic heterocycles. The summed E-state index contributed by atoms with van der Waals surface area (Å²) in [6.45, 7) is 7.04. The minimum absolute atomic E-state index is 0.00233. The van der Waals surface area contributed by atoms with Crippen molar-refractivity contribution in [2.75, 3.05) is 6.61 Å². The van der Waals surface area contributed by atoms with Crippen molar-refractivity contribution in [1.82, 2.24) is 16.0 Å². The molecule has 0 aliphatic heterocycles. The molecule has 12 heteroatoms. The molecule has 12 nitrogen and oxygen atoms in total. The molecule has 0 aromatic carbocycles. The topological polar surface area (TPSA) is 206 Å². The van der Waals surface area contributed by atoms with Crippen molar-refractivity contribution < 1.29 is 44.7 Å². The predicted octanol–water partition coefficient (Wildman–Crippen LogP) is 19.8. The first kappa shape index (κ1) is 86.1. The molecule has 3 aliphatic rings. The van der Waals surface area contributed by atoms with E-state index in [0.717, 1.165) is 203 Å². The largest absolute Gasteiger partial charge is 0.396 e. The lowest BCUT2D eigenvalue weighted by Crippen LogP contribution is -2.53. The van der Waals surface area contributed by atoms with Gasteiger partial charge in [0, 0.05) is 56.8 Å². The Morgan fingerprint density at radius 2 is 0.574 bits per heavy atom. The second-order valence-corrected chi connectivity index (χ2v) is 31.1. The number of rotatable bonds is 63. The summed E-state index contributed by atoms with van der Waals surface area (Å²) in [5.41, 5.74) is 0. The number of hydrogen-bond donors (Lipinski definition) is 8. The highest BCUT2D eigenvalue weighted by Gasteiger charge is 2.36. The number of carbonyl (C=O) groups is 4. The Kier molecular flexibility index (Phi) is 53.7. The normalized spacial score (nSPS) is 22.2. The van der Waals surface area contributed by atoms with Gasteiger partial charge in [0.1, 0.15) is 5.78 Å². The number of hydrogen-bond acceptors (Lipinski definition) is 9. The smallest absolute Gasteiger partial charge is 0.220 e. The van der Waals surface area contributed by atoms with Crippen molar-refractivity contribution in [3.63, 3.8) is 0 Å². The first-order chi connectivity index (χ1) is 45.9. The molecule has 0 aromatic rings. The summed E-state index contributed by atoms with van der Waals surface area (Å²) in [4.78, 5) is 53.2. The molecule has 3 saturated carbocycles. The van der Waals surface area contributed by atoms with Crippen LogP contribution in [0.1, 0.15) is 419 Å². The predicted molar refractivity (Wildman–Crippen MR) is 393 cm³/mol. The van der Waals surface area contributed by atoms with Crippen molar-refractivity contribution in [1.29, 1.82) is 0 Å². The fourth-order valence-electron chi connectivity index (χ4n) is 16.7. The number of ketones is 1. The second kappa shape index (κ2) is 58.7. The molecule has 94 heavy (non-hydrogen) atoms. The zero-order valence-corrected chi connectivity index (χ0v) is 61.8. The third kappa shape index (κ3) is 43.4. The number of Topliss-reactive ketones (excluding diaryl/α,β-unsaturated/α-hetero) is 1. The van der Waals surface area contributed by atoms with Crippen LogP contribution in [-0.2, 0) is 19.2 Å². The number of unbranched alkanes of at least 4 members (excludes halogenated alkanes) is 31. The van der Waals surface area contributed by atoms with Crippen molar-refractivity contribution in [2.24, 2.45) is 29.6 Å². The number of amides is 3. The fourth-order valence-corrected chi connectivity index (χ4v) is 16.7. The minimum atomic E-state index is -0.684. The highest BCUT2D eigenvalue weighted by molar-refractivity contribution is 5.79. The number of aliphatic hydroxyl groups is 5. The maximum Gasteiger partial charge on any atom is 0.220 e. The third-order valence-electron chi connectivity index (χ3n) is 22.8. The van der Waals surface area contributed by atoms with Crippen molar-refractivity contribution in [2.45, 2.75) is 461 Å². The van der Waals surface area contributed by atoms with E-state index in [2.05, 4.69) is 36.7 Å². The molecule has 3 fully saturated rings. The van der Waals surface area contributed by atoms with Gasteiger partial charge in [0.15, 0.2) is 0 Å². The molecular formula is C82H155N3O9. The molecule has 552 valence electrons. The van der Waals surface area contributed by atoms with E-state index in [4.69, 9.17) is 5.11 Å². The Morgan fingerprint density at radius 3 is 0.915 bits per heavy atom. The van der Waals surface area contributed by atoms with Crippen LogP contribution >= 0.6 is 0 Å². The molecule has 0 spiro atoms. The Labute approximate surface area is 579 Å². The molecule has 0 saturated heterocycles. The van der Waals surface area contributed by atoms with E-state index < -0.39 is 24.4 Å². The highest BCUT2D eigenvalue weighted by atomic mass is 16.3. The molecule has 3 rings (SSSR count). The van der Waals surface area contributed by atoms with Crippen LogP contribution in [0.2, 0.25) is 0 Å². The Morgan fingerprint density at radius 1 is 0.309 bits per heavy atom. The molecule has 3 aliphatic carbocycles. The number of aliphatic hydroxyl groups excluding tert-OH is 5. The van der Waals surface area contributed by atoms with E-state index in [1.807, 2.05) is 0 Å². The van der Waals surface area contributed by atoms with Crippen LogP contribution in [0.15, 0.2) is 0 Å². The highest BCUT2D eigenvalue weighted by Crippen LogP contribution is 2.47. The van der Waals surface area contributed by atoms with Gasteiger partial charge in [-0.05, 0) is 126 Å². The molecular weight excluding hydrogens is 1170 g/mol. The van der Waals surface area contributed by atoms with Gasteiger partial charge >= 0.3 is 0 Å². The lowest BCUT2D eigenvalue weighted by molar-refractivity contribution is -0.125. The zero-order valence-electron chi connectivity index (χ0n) is 61.8. The van der Waals surface area contributed by atoms with E-state index in [1.165, 1.54) is 161 Å². The molecule has 8 N–H and O–H groups in total. The molecule has 3 amide bonds. The molecule has 0 bridgehead atoms. The van der Waals surface area contributed by atoms with Crippen LogP contribution in [0.3, 0.4) is 0 Å². The molecule has 0 heterocycles. The van der Waals surface area contributed by atoms with Crippen LogP contribution in [0, 0.1) is 29.6 Å². The number of carbonyl (C=O) groups excluding carboxylic acids is 4. The van der Waals surface area contributed by atoms with Crippen molar-refractivity contribution in [3.8, 4) is 0 Å². The van der Waals surface area contributed by atoms with Gasteiger partial charge in [-0.2, -0.15) is 0 Å². The molecule has 12 atom stereocenters. The van der Waals surface area contributed by atoms with Crippen LogP contribution in [-0.4, -0.2) is 98.2 Å². The van der Waals surface area contributed by atoms with Gasteiger partial charge in [0.25, 0.3) is 0 Å². The maximum atomic E-state index is 13.5. The van der Waals surface area contributed by atoms with Crippen LogP contribution in [0.5, 0.6) is 0 Å². The van der Waals surface area contributed by atoms with Gasteiger partial charge in [0.05, 0.1) is 24.4 Å². The van der Waals surface area contributed by atoms with Crippen molar-refractivity contribution in [3.05, 3.63) is 0 Å². The number of nitrogens with one attached hydrogen (secondary N) is 3. The standard InChI is InChI=1S/C82H155N3O9/c1-4-7-10-13-18-30-47-67-64-69(49-32-24-26-34-52-72(87)66-71-51-42-43-53-73(71)83-80(92)60-39-22-15-20-36-57-77(89)76(88)56-35-17-12-9-6-3)70(65-68(67)48-31-19-14-11-8-5-2)50-33-25-27-41-62-82(94)85-75-55-45-44-54-74(75)84-81(93)61-40-23-16-21-37-58-78(90)79(91)59-38-28-29-46-63-86/h67-71,73-79,86,88-91H,4-66H2,1-3H3,(H,83,92)(H,84,93)(H,85,94)/t67?,68?,69?,70?,71-,73+,74-,75-,76?,77?,78?,79?/m0/s1. The molecule has 8 unspecified atom stereocenters. The first-order valence-corrected chi connectivity index (χ1v) is 41.6. The van der Waals surface area contributed by atoms with E-state index in [9.17, 15) is 39.6 Å². The van der Waals surface area contributed by atoms with E-state index >= 15 is 0 Å². The quantitative estimate of drug-likeness (QED) is 0.0272. The van der Waals surface area contributed by atoms with Crippen molar-refractivity contribution >= 4 is 23.5 Å². The Bertz CT molecular complexity index is 1680. The second-order valence-electron chi connectivity index (χ2n) is 31.1. The summed E-state index contributed by atoms with van der Waals surface area (Å²) < 4.78 is 0. The van der Waals surface area contributed by atoms with E-state index in [0.29, 0.717) is 63.6 Å². The Hall–Kier alpha value is -2.12. The third-order valence-corrected chi connectivity index (χ3v) is 22.8. The van der Waals surface area contributed by atoms with E-state index in [-0.39, 0.29) is 48.4 Å². The summed E-state index contributed by atoms with van der Waals surface area (Å²) in [6.07, 6.45) is 63.6. The fraction of sp³-hybridized carbons (Fsp3) is 0.951. The minimum Gasteiger partial charge on any atom is -0.396 e. The van der Waals surface area contributed by atoms with Crippen LogP contribution in [0.4, 0.5) is 0 Å². The van der Waals surface area contributed by atoms with Gasteiger partial charge in [-0.1, -0.05) is 290 Å². The summed E-state index contributed by atoms with van der Waals surface area (Å²) in [5, 5.41) is 60.4. The summed E-state index contributed by atoms with van der Waals surface area (Å²) in [6, 6.07) is 0.115. The van der Waals surface area contributed by atoms with Gasteiger partial charge in [-0.15, -0.1) is 0 Å². The summed E-state index contributed by atoms with van der Waals surface area (Å²) in [7, 11) is 0. The first-order valence-electron chi connectivity index (χ1n) is 41.6. The van der Waals surface area contributed by atoms with E-state index in [1.54, 1.807) is 0 Å². The molecule has 0 radical (unpaired) electrons. The van der Waals surface area contributed by atoms with Crippen LogP contribution < -0.4 is 16.0 Å². The Balaban J connectivity index is 1.41. The van der Waals surface area contributed by atoms with Gasteiger partial charge < -0.3 is 41.5 Å². The average Bonchev–Trinajstić information content (AvgIpc) is 0.893. The van der Waals surface area contributed by atoms with Gasteiger partial charge in [-0.25, -0.2) is 0 Å². The SMILES string of the molecule is CCCCCCCCC1CC(CCCCCCC(=O)C[C@@H]2CCCC[C@H]2NC(=O)CCCCCCCC(O)C(O)CCCCCCC)C(CCCCCCC(=O)N[C@H]2CCCC[C@@H]2NC(=O)CCCCCCCC(O)C(O)CCCCCCO)CC1CCCCCCCC. The summed E-state index contributed by atoms with van der Waals surface area (Å²) >= 11 is 0.